The number of hydrogen-bond donors (Lipinski definition) is 1. The van der Waals surface area contributed by atoms with Crippen molar-refractivity contribution in [1.82, 2.24) is 10.2 Å². The fourth-order valence-corrected chi connectivity index (χ4v) is 3.54. The van der Waals surface area contributed by atoms with Crippen LogP contribution in [0.3, 0.4) is 0 Å². The number of carbonyl (C=O) groups excluding carboxylic acids is 1. The number of ether oxygens (including phenoxy) is 2. The molecule has 5 nitrogen and oxygen atoms in total. The number of carbonyl (C=O) groups is 1. The number of nitrogens with one attached hydrogen (secondary N) is 1. The molecule has 2 fully saturated rings. The van der Waals surface area contributed by atoms with Crippen LogP contribution in [-0.2, 0) is 11.3 Å². The highest BCUT2D eigenvalue weighted by Crippen LogP contribution is 2.34. The zero-order valence-corrected chi connectivity index (χ0v) is 15.4. The molecule has 1 aromatic rings. The molecule has 138 valence electrons. The largest absolute Gasteiger partial charge is 0.490 e. The van der Waals surface area contributed by atoms with Gasteiger partial charge in [0.1, 0.15) is 0 Å². The maximum Gasteiger partial charge on any atom is 0.225 e. The van der Waals surface area contributed by atoms with E-state index in [1.165, 1.54) is 0 Å². The summed E-state index contributed by atoms with van der Waals surface area (Å²) in [7, 11) is 0. The second kappa shape index (κ2) is 8.28. The molecule has 1 amide bonds. The molecule has 1 N–H and O–H groups in total. The van der Waals surface area contributed by atoms with E-state index in [-0.39, 0.29) is 12.4 Å². The zero-order chi connectivity index (χ0) is 16.4. The standard InChI is InChI=1S/C19H26N2O3.ClH/c22-19(14-5-6-14)21-9-7-16(8-10-21)20-13-15-3-1-4-17-18(15)24-12-2-11-23-17;/h1,3-4,14,16,20H,2,5-13H2;1H. The van der Waals surface area contributed by atoms with Gasteiger partial charge in [0, 0.05) is 43.6 Å². The maximum atomic E-state index is 12.1. The minimum absolute atomic E-state index is 0. The third-order valence-electron chi connectivity index (χ3n) is 5.17. The van der Waals surface area contributed by atoms with E-state index in [0.29, 0.717) is 24.5 Å². The fraction of sp³-hybridized carbons (Fsp3) is 0.632. The molecule has 6 heteroatoms. The first-order valence-electron chi connectivity index (χ1n) is 9.21. The van der Waals surface area contributed by atoms with Gasteiger partial charge in [-0.15, -0.1) is 12.4 Å². The number of fused-ring (bicyclic) bond motifs is 1. The van der Waals surface area contributed by atoms with Gasteiger partial charge in [0.2, 0.25) is 5.91 Å². The average molecular weight is 367 g/mol. The summed E-state index contributed by atoms with van der Waals surface area (Å²) < 4.78 is 11.6. The second-order valence-electron chi connectivity index (χ2n) is 7.05. The van der Waals surface area contributed by atoms with Crippen LogP contribution in [0.4, 0.5) is 0 Å². The van der Waals surface area contributed by atoms with Gasteiger partial charge in [0.15, 0.2) is 11.5 Å². The number of benzene rings is 1. The van der Waals surface area contributed by atoms with Crippen molar-refractivity contribution in [2.75, 3.05) is 26.3 Å². The highest BCUT2D eigenvalue weighted by atomic mass is 35.5. The third-order valence-corrected chi connectivity index (χ3v) is 5.17. The molecule has 0 aromatic heterocycles. The van der Waals surface area contributed by atoms with Crippen LogP contribution in [0.1, 0.15) is 37.7 Å². The van der Waals surface area contributed by atoms with Crippen molar-refractivity contribution in [1.29, 1.82) is 0 Å². The Bertz CT molecular complexity index is 598. The van der Waals surface area contributed by atoms with Gasteiger partial charge < -0.3 is 19.7 Å². The minimum atomic E-state index is 0. The zero-order valence-electron chi connectivity index (χ0n) is 14.5. The molecule has 1 aromatic carbocycles. The van der Waals surface area contributed by atoms with Crippen LogP contribution in [0.15, 0.2) is 18.2 Å². The lowest BCUT2D eigenvalue weighted by Crippen LogP contribution is -2.45. The van der Waals surface area contributed by atoms with Crippen molar-refractivity contribution in [3.8, 4) is 11.5 Å². The van der Waals surface area contributed by atoms with Gasteiger partial charge in [-0.2, -0.15) is 0 Å². The normalized spacial score (nSPS) is 20.6. The predicted octanol–water partition coefficient (Wildman–Crippen LogP) is 2.76. The van der Waals surface area contributed by atoms with Crippen LogP contribution in [0.25, 0.3) is 0 Å². The molecular formula is C19H27ClN2O3. The van der Waals surface area contributed by atoms with Gasteiger partial charge in [-0.1, -0.05) is 12.1 Å². The monoisotopic (exact) mass is 366 g/mol. The Labute approximate surface area is 155 Å². The van der Waals surface area contributed by atoms with Crippen molar-refractivity contribution in [2.24, 2.45) is 5.92 Å². The Morgan fingerprint density at radius 1 is 1.12 bits per heavy atom. The molecule has 0 spiro atoms. The molecule has 1 aliphatic carbocycles. The van der Waals surface area contributed by atoms with Crippen LogP contribution < -0.4 is 14.8 Å². The molecule has 1 saturated carbocycles. The summed E-state index contributed by atoms with van der Waals surface area (Å²) in [4.78, 5) is 14.2. The third kappa shape index (κ3) is 4.39. The number of piperidine rings is 1. The van der Waals surface area contributed by atoms with E-state index in [1.807, 2.05) is 12.1 Å². The Morgan fingerprint density at radius 3 is 2.64 bits per heavy atom. The molecule has 1 saturated heterocycles. The van der Waals surface area contributed by atoms with E-state index < -0.39 is 0 Å². The van der Waals surface area contributed by atoms with Crippen molar-refractivity contribution in [3.05, 3.63) is 23.8 Å². The van der Waals surface area contributed by atoms with E-state index >= 15 is 0 Å². The first-order chi connectivity index (χ1) is 11.8. The van der Waals surface area contributed by atoms with Gasteiger partial charge in [0.05, 0.1) is 13.2 Å². The number of likely N-dealkylation sites (tertiary alicyclic amines) is 1. The summed E-state index contributed by atoms with van der Waals surface area (Å²) in [5, 5.41) is 3.64. The first-order valence-corrected chi connectivity index (χ1v) is 9.21. The first kappa shape index (κ1) is 18.3. The average Bonchev–Trinajstić information content (AvgIpc) is 3.46. The molecule has 25 heavy (non-hydrogen) atoms. The molecule has 0 radical (unpaired) electrons. The Balaban J connectivity index is 0.00000182. The number of halogens is 1. The van der Waals surface area contributed by atoms with Gasteiger partial charge >= 0.3 is 0 Å². The SMILES string of the molecule is Cl.O=C(C1CC1)N1CCC(NCc2cccc3c2OCCCO3)CC1. The molecule has 2 heterocycles. The van der Waals surface area contributed by atoms with E-state index in [1.54, 1.807) is 0 Å². The number of hydrogen-bond acceptors (Lipinski definition) is 4. The topological polar surface area (TPSA) is 50.8 Å². The highest BCUT2D eigenvalue weighted by Gasteiger charge is 2.34. The fourth-order valence-electron chi connectivity index (χ4n) is 3.54. The van der Waals surface area contributed by atoms with E-state index in [9.17, 15) is 4.79 Å². The Kier molecular flexibility index (Phi) is 6.07. The minimum Gasteiger partial charge on any atom is -0.490 e. The lowest BCUT2D eigenvalue weighted by atomic mass is 10.0. The number of nitrogens with zero attached hydrogens (tertiary/aromatic N) is 1. The number of amides is 1. The summed E-state index contributed by atoms with van der Waals surface area (Å²) in [6, 6.07) is 6.58. The Hall–Kier alpha value is -1.46. The van der Waals surface area contributed by atoms with Gasteiger partial charge in [-0.3, -0.25) is 4.79 Å². The van der Waals surface area contributed by atoms with Crippen LogP contribution >= 0.6 is 12.4 Å². The molecule has 3 aliphatic rings. The lowest BCUT2D eigenvalue weighted by Gasteiger charge is -2.32. The maximum absolute atomic E-state index is 12.1. The van der Waals surface area contributed by atoms with Gasteiger partial charge in [-0.05, 0) is 31.7 Å². The summed E-state index contributed by atoms with van der Waals surface area (Å²) in [5.41, 5.74) is 1.16. The summed E-state index contributed by atoms with van der Waals surface area (Å²) in [5.74, 6) is 2.47. The van der Waals surface area contributed by atoms with E-state index in [4.69, 9.17) is 9.47 Å². The van der Waals surface area contributed by atoms with E-state index in [2.05, 4.69) is 16.3 Å². The second-order valence-corrected chi connectivity index (χ2v) is 7.05. The van der Waals surface area contributed by atoms with Crippen molar-refractivity contribution >= 4 is 18.3 Å². The predicted molar refractivity (Wildman–Crippen MR) is 98.5 cm³/mol. The van der Waals surface area contributed by atoms with Crippen molar-refractivity contribution in [3.63, 3.8) is 0 Å². The summed E-state index contributed by atoms with van der Waals surface area (Å²) in [6.07, 6.45) is 5.18. The molecule has 2 aliphatic heterocycles. The van der Waals surface area contributed by atoms with Crippen LogP contribution in [-0.4, -0.2) is 43.2 Å². The molecule has 0 atom stereocenters. The van der Waals surface area contributed by atoms with Crippen molar-refractivity contribution in [2.45, 2.75) is 44.7 Å². The van der Waals surface area contributed by atoms with Crippen LogP contribution in [0, 0.1) is 5.92 Å². The van der Waals surface area contributed by atoms with Crippen LogP contribution in [0.5, 0.6) is 11.5 Å². The smallest absolute Gasteiger partial charge is 0.225 e. The Morgan fingerprint density at radius 2 is 1.88 bits per heavy atom. The molecular weight excluding hydrogens is 340 g/mol. The molecule has 4 rings (SSSR count). The summed E-state index contributed by atoms with van der Waals surface area (Å²) in [6.45, 7) is 4.00. The molecule has 0 bridgehead atoms. The highest BCUT2D eigenvalue weighted by molar-refractivity contribution is 5.85. The number of rotatable bonds is 4. The lowest BCUT2D eigenvalue weighted by molar-refractivity contribution is -0.133. The van der Waals surface area contributed by atoms with Crippen molar-refractivity contribution < 1.29 is 14.3 Å². The van der Waals surface area contributed by atoms with Gasteiger partial charge in [-0.25, -0.2) is 0 Å². The molecule has 0 unspecified atom stereocenters. The van der Waals surface area contributed by atoms with Gasteiger partial charge in [0.25, 0.3) is 0 Å². The van der Waals surface area contributed by atoms with E-state index in [0.717, 1.165) is 75.4 Å². The van der Waals surface area contributed by atoms with Crippen LogP contribution in [0.2, 0.25) is 0 Å². The number of para-hydroxylation sites is 1. The quantitative estimate of drug-likeness (QED) is 0.890. The summed E-state index contributed by atoms with van der Waals surface area (Å²) >= 11 is 0.